The zero-order chi connectivity index (χ0) is 41.8. The summed E-state index contributed by atoms with van der Waals surface area (Å²) >= 11 is 6.26. The minimum Gasteiger partial charge on any atom is -0.489 e. The van der Waals surface area contributed by atoms with Gasteiger partial charge in [0.15, 0.2) is 6.23 Å². The first-order valence-electron chi connectivity index (χ1n) is 20.9. The zero-order valence-electron chi connectivity index (χ0n) is 34.2. The molecule has 13 heteroatoms. The molecule has 8 rings (SSSR count). The van der Waals surface area contributed by atoms with Crippen LogP contribution in [0.1, 0.15) is 111 Å². The van der Waals surface area contributed by atoms with Crippen LogP contribution in [-0.4, -0.2) is 78.0 Å². The van der Waals surface area contributed by atoms with Crippen LogP contribution in [0.15, 0.2) is 60.7 Å². The van der Waals surface area contributed by atoms with Gasteiger partial charge in [0, 0.05) is 83.6 Å². The number of nitrogens with zero attached hydrogens (tertiary/aromatic N) is 4. The molecule has 3 N–H and O–H groups in total. The summed E-state index contributed by atoms with van der Waals surface area (Å²) in [5.74, 6) is 0.529. The number of aliphatic hydroxyl groups is 1. The fourth-order valence-electron chi connectivity index (χ4n) is 10.8. The van der Waals surface area contributed by atoms with Gasteiger partial charge in [0.1, 0.15) is 24.0 Å². The minimum atomic E-state index is -1.21. The summed E-state index contributed by atoms with van der Waals surface area (Å²) in [4.78, 5) is 57.0. The van der Waals surface area contributed by atoms with E-state index in [-0.39, 0.29) is 53.5 Å². The third kappa shape index (κ3) is 7.64. The Morgan fingerprint density at radius 2 is 1.49 bits per heavy atom. The molecule has 0 bridgehead atoms. The lowest BCUT2D eigenvalue weighted by atomic mass is 9.49. The zero-order valence-corrected chi connectivity index (χ0v) is 34.9. The highest BCUT2D eigenvalue weighted by molar-refractivity contribution is 6.31. The van der Waals surface area contributed by atoms with Crippen molar-refractivity contribution in [3.8, 4) is 11.8 Å². The van der Waals surface area contributed by atoms with Crippen molar-refractivity contribution >= 4 is 46.6 Å². The molecule has 4 heterocycles. The number of anilines is 2. The Hall–Kier alpha value is -5.12. The predicted molar refractivity (Wildman–Crippen MR) is 224 cm³/mol. The quantitative estimate of drug-likeness (QED) is 0.203. The number of carbonyl (C=O) groups excluding carboxylic acids is 4. The molecule has 4 aliphatic heterocycles. The number of carbonyl (C=O) groups is 4. The molecule has 2 unspecified atom stereocenters. The molecule has 4 fully saturated rings. The molecular weight excluding hydrogens is 768 g/mol. The van der Waals surface area contributed by atoms with E-state index in [0.29, 0.717) is 44.9 Å². The number of aliphatic hydroxyl groups excluding tert-OH is 1. The Kier molecular flexibility index (Phi) is 10.9. The number of piperidine rings is 3. The number of hydrogen-bond acceptors (Lipinski definition) is 9. The second-order valence-electron chi connectivity index (χ2n) is 18.3. The van der Waals surface area contributed by atoms with E-state index in [1.807, 2.05) is 24.3 Å². The van der Waals surface area contributed by atoms with Gasteiger partial charge in [0.05, 0.1) is 10.6 Å². The monoisotopic (exact) mass is 820 g/mol. The van der Waals surface area contributed by atoms with Gasteiger partial charge < -0.3 is 25.0 Å². The molecule has 1 aliphatic carbocycles. The van der Waals surface area contributed by atoms with Gasteiger partial charge in [-0.15, -0.1) is 0 Å². The van der Waals surface area contributed by atoms with Crippen LogP contribution >= 0.6 is 11.6 Å². The molecule has 3 aromatic carbocycles. The Morgan fingerprint density at radius 1 is 0.881 bits per heavy atom. The smallest absolute Gasteiger partial charge is 0.257 e. The summed E-state index contributed by atoms with van der Waals surface area (Å²) < 4.78 is 6.39. The van der Waals surface area contributed by atoms with Crippen molar-refractivity contribution in [2.24, 2.45) is 22.7 Å². The minimum absolute atomic E-state index is 0.104. The summed E-state index contributed by atoms with van der Waals surface area (Å²) in [5, 5.41) is 26.1. The maximum Gasteiger partial charge on any atom is 0.257 e. The van der Waals surface area contributed by atoms with Crippen LogP contribution in [0.3, 0.4) is 0 Å². The van der Waals surface area contributed by atoms with Crippen LogP contribution in [0.25, 0.3) is 0 Å². The van der Waals surface area contributed by atoms with Gasteiger partial charge in [0.2, 0.25) is 11.8 Å². The molecule has 3 aromatic rings. The number of halogens is 1. The summed E-state index contributed by atoms with van der Waals surface area (Å²) in [5.41, 5.74) is 3.34. The van der Waals surface area contributed by atoms with E-state index in [1.165, 1.54) is 11.3 Å². The second kappa shape index (κ2) is 15.8. The fraction of sp³-hybridized carbons (Fsp3) is 0.500. The maximum atomic E-state index is 13.5. The number of nitriles is 1. The van der Waals surface area contributed by atoms with Crippen molar-refractivity contribution < 1.29 is 29.0 Å². The van der Waals surface area contributed by atoms with E-state index < -0.39 is 18.2 Å². The first-order chi connectivity index (χ1) is 28.1. The molecule has 2 atom stereocenters. The number of benzene rings is 3. The first kappa shape index (κ1) is 40.7. The summed E-state index contributed by atoms with van der Waals surface area (Å²) in [7, 11) is 0. The molecule has 0 aromatic heterocycles. The SMILES string of the molecule is CC1(C)C(NC(=O)c2ccc(N3CCC(CC4CCN(c5ccc6c(c5)C(=O)N(C5CCC(=O)NC5=O)C6O)CC4)CC3)cc2)C(C)(C)C1Oc1ccc(C#N)c(Cl)c1. The molecule has 1 saturated carbocycles. The summed E-state index contributed by atoms with van der Waals surface area (Å²) in [6.45, 7) is 12.2. The highest BCUT2D eigenvalue weighted by Crippen LogP contribution is 2.55. The van der Waals surface area contributed by atoms with E-state index in [1.54, 1.807) is 24.3 Å². The molecule has 0 radical (unpaired) electrons. The van der Waals surface area contributed by atoms with E-state index in [2.05, 4.69) is 66.3 Å². The number of amides is 4. The lowest BCUT2D eigenvalue weighted by molar-refractivity contribution is -0.164. The lowest BCUT2D eigenvalue weighted by Crippen LogP contribution is -2.74. The van der Waals surface area contributed by atoms with Crippen LogP contribution in [0.5, 0.6) is 5.75 Å². The standard InChI is InChI=1S/C46H53ClN6O6/c1-45(2)43(46(3,4)44(45)59-33-11-7-30(26-48)36(47)25-33)50-39(55)29-5-8-31(9-6-29)51-19-15-27(16-20-51)23-28-17-21-52(22-18-28)32-10-12-34-35(24-32)42(58)53(41(34)57)37-13-14-38(54)49-40(37)56/h5-12,24-25,27-28,37,41,43-44,57H,13-23H2,1-4H3,(H,50,55)(H,49,54,56). The van der Waals surface area contributed by atoms with E-state index >= 15 is 0 Å². The Balaban J connectivity index is 0.789. The average molecular weight is 821 g/mol. The van der Waals surface area contributed by atoms with Gasteiger partial charge in [0.25, 0.3) is 11.8 Å². The van der Waals surface area contributed by atoms with Crippen LogP contribution in [-0.2, 0) is 9.59 Å². The molecule has 310 valence electrons. The second-order valence-corrected chi connectivity index (χ2v) is 18.7. The van der Waals surface area contributed by atoms with Crippen molar-refractivity contribution in [1.82, 2.24) is 15.5 Å². The van der Waals surface area contributed by atoms with Gasteiger partial charge in [-0.25, -0.2) is 0 Å². The van der Waals surface area contributed by atoms with Crippen LogP contribution in [0.4, 0.5) is 11.4 Å². The Morgan fingerprint density at radius 3 is 2.08 bits per heavy atom. The molecule has 59 heavy (non-hydrogen) atoms. The van der Waals surface area contributed by atoms with Gasteiger partial charge in [-0.05, 0) is 98.9 Å². The Bertz CT molecular complexity index is 2170. The van der Waals surface area contributed by atoms with Gasteiger partial charge in [-0.1, -0.05) is 45.4 Å². The van der Waals surface area contributed by atoms with Gasteiger partial charge >= 0.3 is 0 Å². The summed E-state index contributed by atoms with van der Waals surface area (Å²) in [6.07, 6.45) is 4.57. The van der Waals surface area contributed by atoms with Crippen molar-refractivity contribution in [3.63, 3.8) is 0 Å². The number of fused-ring (bicyclic) bond motifs is 1. The third-order valence-electron chi connectivity index (χ3n) is 13.8. The number of ether oxygens (including phenoxy) is 1. The predicted octanol–water partition coefficient (Wildman–Crippen LogP) is 6.60. The van der Waals surface area contributed by atoms with Crippen LogP contribution < -0.4 is 25.2 Å². The number of rotatable bonds is 9. The lowest BCUT2D eigenvalue weighted by Gasteiger charge is -2.63. The molecule has 4 amide bonds. The third-order valence-corrected chi connectivity index (χ3v) is 14.1. The number of nitrogens with one attached hydrogen (secondary N) is 2. The summed E-state index contributed by atoms with van der Waals surface area (Å²) in [6, 6.07) is 19.7. The topological polar surface area (TPSA) is 155 Å². The van der Waals surface area contributed by atoms with Crippen molar-refractivity contribution in [2.45, 2.75) is 97.1 Å². The number of imide groups is 1. The average Bonchev–Trinajstić information content (AvgIpc) is 3.47. The van der Waals surface area contributed by atoms with E-state index in [4.69, 9.17) is 16.3 Å². The van der Waals surface area contributed by atoms with Crippen LogP contribution in [0, 0.1) is 34.0 Å². The highest BCUT2D eigenvalue weighted by Gasteiger charge is 2.64. The van der Waals surface area contributed by atoms with Gasteiger partial charge in [-0.2, -0.15) is 5.26 Å². The van der Waals surface area contributed by atoms with Crippen molar-refractivity contribution in [2.75, 3.05) is 36.0 Å². The molecule has 0 spiro atoms. The Labute approximate surface area is 350 Å². The molecule has 12 nitrogen and oxygen atoms in total. The van der Waals surface area contributed by atoms with Crippen LogP contribution in [0.2, 0.25) is 5.02 Å². The van der Waals surface area contributed by atoms with E-state index in [0.717, 1.165) is 63.2 Å². The highest BCUT2D eigenvalue weighted by atomic mass is 35.5. The van der Waals surface area contributed by atoms with Gasteiger partial charge in [-0.3, -0.25) is 29.4 Å². The molecule has 3 saturated heterocycles. The normalized spacial score (nSPS) is 25.5. The largest absolute Gasteiger partial charge is 0.489 e. The number of hydrogen-bond donors (Lipinski definition) is 3. The maximum absolute atomic E-state index is 13.5. The van der Waals surface area contributed by atoms with E-state index in [9.17, 15) is 29.5 Å². The van der Waals surface area contributed by atoms with Crippen molar-refractivity contribution in [1.29, 1.82) is 5.26 Å². The van der Waals surface area contributed by atoms with Crippen molar-refractivity contribution in [3.05, 3.63) is 87.9 Å². The first-order valence-corrected chi connectivity index (χ1v) is 21.3. The molecule has 5 aliphatic rings. The fourth-order valence-corrected chi connectivity index (χ4v) is 11.0. The molecular formula is C46H53ClN6O6.